The fourth-order valence-electron chi connectivity index (χ4n) is 4.14. The fraction of sp³-hybridized carbons (Fsp3) is 0.435. The molecule has 8 nitrogen and oxygen atoms in total. The molecule has 0 aliphatic carbocycles. The number of nitrogens with one attached hydrogen (secondary N) is 2. The summed E-state index contributed by atoms with van der Waals surface area (Å²) in [5, 5.41) is 12.8. The van der Waals surface area contributed by atoms with Gasteiger partial charge in [0.15, 0.2) is 5.82 Å². The van der Waals surface area contributed by atoms with Crippen molar-refractivity contribution in [3.63, 3.8) is 0 Å². The van der Waals surface area contributed by atoms with Gasteiger partial charge in [0.25, 0.3) is 0 Å². The van der Waals surface area contributed by atoms with Crippen LogP contribution >= 0.6 is 0 Å². The van der Waals surface area contributed by atoms with Gasteiger partial charge in [-0.3, -0.25) is 14.4 Å². The maximum absolute atomic E-state index is 12.5. The van der Waals surface area contributed by atoms with Gasteiger partial charge in [0, 0.05) is 56.5 Å². The van der Waals surface area contributed by atoms with Crippen LogP contribution in [0.25, 0.3) is 10.8 Å². The molecule has 0 radical (unpaired) electrons. The molecule has 3 heterocycles. The number of aromatic nitrogens is 3. The van der Waals surface area contributed by atoms with E-state index in [1.54, 1.807) is 17.9 Å². The summed E-state index contributed by atoms with van der Waals surface area (Å²) in [6.07, 6.45) is 3.93. The molecule has 1 aromatic carbocycles. The highest BCUT2D eigenvalue weighted by Gasteiger charge is 2.25. The zero-order valence-corrected chi connectivity index (χ0v) is 18.2. The number of likely N-dealkylation sites (tertiary alicyclic amines) is 1. The maximum Gasteiger partial charge on any atom is 0.239 e. The van der Waals surface area contributed by atoms with Crippen molar-refractivity contribution in [1.29, 1.82) is 0 Å². The predicted molar refractivity (Wildman–Crippen MR) is 122 cm³/mol. The molecule has 0 bridgehead atoms. The summed E-state index contributed by atoms with van der Waals surface area (Å²) >= 11 is 0. The first-order chi connectivity index (χ1) is 15.1. The topological polar surface area (TPSA) is 84.3 Å². The van der Waals surface area contributed by atoms with Crippen LogP contribution in [0.5, 0.6) is 0 Å². The van der Waals surface area contributed by atoms with Gasteiger partial charge in [0.2, 0.25) is 5.91 Å². The van der Waals surface area contributed by atoms with Crippen LogP contribution in [0.15, 0.2) is 42.6 Å². The Labute approximate surface area is 182 Å². The lowest BCUT2D eigenvalue weighted by Gasteiger charge is -2.32. The summed E-state index contributed by atoms with van der Waals surface area (Å²) in [4.78, 5) is 19.7. The molecule has 1 amide bonds. The predicted octanol–water partition coefficient (Wildman–Crippen LogP) is 2.84. The van der Waals surface area contributed by atoms with E-state index in [0.29, 0.717) is 31.4 Å². The number of aryl methyl sites for hydroxylation is 1. The average molecular weight is 423 g/mol. The Balaban J connectivity index is 1.46. The van der Waals surface area contributed by atoms with Crippen molar-refractivity contribution >= 4 is 28.3 Å². The largest absolute Gasteiger partial charge is 0.383 e. The third kappa shape index (κ3) is 5.39. The fourth-order valence-corrected chi connectivity index (χ4v) is 4.14. The molecule has 1 aliphatic rings. The molecule has 2 N–H and O–H groups in total. The number of piperidine rings is 1. The maximum atomic E-state index is 12.5. The van der Waals surface area contributed by atoms with Crippen molar-refractivity contribution < 1.29 is 9.53 Å². The Morgan fingerprint density at radius 2 is 2.16 bits per heavy atom. The number of benzene rings is 1. The van der Waals surface area contributed by atoms with Crippen LogP contribution in [0.2, 0.25) is 0 Å². The number of ether oxygens (including phenoxy) is 1. The van der Waals surface area contributed by atoms with E-state index in [4.69, 9.17) is 9.72 Å². The van der Waals surface area contributed by atoms with E-state index >= 15 is 0 Å². The van der Waals surface area contributed by atoms with Gasteiger partial charge in [-0.1, -0.05) is 24.3 Å². The molecule has 31 heavy (non-hydrogen) atoms. The highest BCUT2D eigenvalue weighted by Crippen LogP contribution is 2.30. The Hall–Kier alpha value is -2.97. The standard InChI is InChI=1S/C23H30N6O2/c1-28-12-9-21(27-28)26-22(30)16-29-11-5-7-18(15-29)20-14-17-6-3-4-8-19(17)23(25-20)24-10-13-31-2/h3-4,6,8-9,12,14,18H,5,7,10-11,13,15-16H2,1-2H3,(H,24,25)(H,26,27,30)/t18-/m0/s1. The van der Waals surface area contributed by atoms with Gasteiger partial charge in [-0.25, -0.2) is 4.98 Å². The Morgan fingerprint density at radius 1 is 1.29 bits per heavy atom. The summed E-state index contributed by atoms with van der Waals surface area (Å²) in [7, 11) is 3.53. The number of pyridine rings is 1. The van der Waals surface area contributed by atoms with E-state index in [2.05, 4.69) is 44.9 Å². The molecule has 0 spiro atoms. The molecule has 0 unspecified atom stereocenters. The van der Waals surface area contributed by atoms with Crippen LogP contribution < -0.4 is 10.6 Å². The van der Waals surface area contributed by atoms with Crippen LogP contribution in [0.4, 0.5) is 11.6 Å². The molecule has 0 saturated carbocycles. The average Bonchev–Trinajstić information content (AvgIpc) is 3.18. The second kappa shape index (κ2) is 9.89. The molecule has 164 valence electrons. The molecule has 1 aliphatic heterocycles. The number of hydrogen-bond donors (Lipinski definition) is 2. The first-order valence-electron chi connectivity index (χ1n) is 10.8. The number of carbonyl (C=O) groups is 1. The first-order valence-corrected chi connectivity index (χ1v) is 10.8. The number of methoxy groups -OCH3 is 1. The first kappa shape index (κ1) is 21.3. The van der Waals surface area contributed by atoms with Crippen molar-refractivity contribution in [2.45, 2.75) is 18.8 Å². The quantitative estimate of drug-likeness (QED) is 0.543. The summed E-state index contributed by atoms with van der Waals surface area (Å²) in [5.41, 5.74) is 1.08. The Bertz CT molecular complexity index is 1030. The Morgan fingerprint density at radius 3 is 2.97 bits per heavy atom. The van der Waals surface area contributed by atoms with Crippen LogP contribution in [0.3, 0.4) is 0 Å². The highest BCUT2D eigenvalue weighted by molar-refractivity contribution is 5.92. The molecule has 1 atom stereocenters. The highest BCUT2D eigenvalue weighted by atomic mass is 16.5. The lowest BCUT2D eigenvalue weighted by molar-refractivity contribution is -0.117. The zero-order chi connectivity index (χ0) is 21.6. The van der Waals surface area contributed by atoms with Gasteiger partial charge in [-0.05, 0) is 30.8 Å². The van der Waals surface area contributed by atoms with Gasteiger partial charge in [0.05, 0.1) is 13.2 Å². The molecule has 2 aromatic heterocycles. The second-order valence-electron chi connectivity index (χ2n) is 8.03. The SMILES string of the molecule is COCCNc1nc([C@H]2CCCN(CC(=O)Nc3ccn(C)n3)C2)cc2ccccc12. The van der Waals surface area contributed by atoms with E-state index in [9.17, 15) is 4.79 Å². The van der Waals surface area contributed by atoms with E-state index < -0.39 is 0 Å². The van der Waals surface area contributed by atoms with Crippen molar-refractivity contribution in [3.8, 4) is 0 Å². The van der Waals surface area contributed by atoms with E-state index in [1.165, 1.54) is 5.39 Å². The molecule has 8 heteroatoms. The smallest absolute Gasteiger partial charge is 0.239 e. The third-order valence-corrected chi connectivity index (χ3v) is 5.63. The van der Waals surface area contributed by atoms with Gasteiger partial charge < -0.3 is 15.4 Å². The third-order valence-electron chi connectivity index (χ3n) is 5.63. The second-order valence-corrected chi connectivity index (χ2v) is 8.03. The van der Waals surface area contributed by atoms with Crippen molar-refractivity contribution in [1.82, 2.24) is 19.7 Å². The minimum Gasteiger partial charge on any atom is -0.383 e. The minimum absolute atomic E-state index is 0.0345. The summed E-state index contributed by atoms with van der Waals surface area (Å²) in [5.74, 6) is 1.75. The number of rotatable bonds is 8. The molecule has 4 rings (SSSR count). The molecule has 1 saturated heterocycles. The lowest BCUT2D eigenvalue weighted by Crippen LogP contribution is -2.40. The van der Waals surface area contributed by atoms with Gasteiger partial charge in [-0.15, -0.1) is 0 Å². The van der Waals surface area contributed by atoms with Crippen molar-refractivity contribution in [3.05, 3.63) is 48.3 Å². The van der Waals surface area contributed by atoms with Crippen molar-refractivity contribution in [2.24, 2.45) is 7.05 Å². The van der Waals surface area contributed by atoms with Crippen LogP contribution in [-0.4, -0.2) is 65.5 Å². The zero-order valence-electron chi connectivity index (χ0n) is 18.2. The normalized spacial score (nSPS) is 17.0. The molecule has 3 aromatic rings. The number of fused-ring (bicyclic) bond motifs is 1. The summed E-state index contributed by atoms with van der Waals surface area (Å²) < 4.78 is 6.85. The van der Waals surface area contributed by atoms with Gasteiger partial charge in [0.1, 0.15) is 5.82 Å². The summed E-state index contributed by atoms with van der Waals surface area (Å²) in [6, 6.07) is 12.3. The van der Waals surface area contributed by atoms with E-state index in [-0.39, 0.29) is 5.91 Å². The monoisotopic (exact) mass is 422 g/mol. The van der Waals surface area contributed by atoms with E-state index in [0.717, 1.165) is 42.8 Å². The number of anilines is 2. The lowest BCUT2D eigenvalue weighted by atomic mass is 9.93. The van der Waals surface area contributed by atoms with Crippen LogP contribution in [-0.2, 0) is 16.6 Å². The number of hydrogen-bond acceptors (Lipinski definition) is 6. The van der Waals surface area contributed by atoms with Gasteiger partial charge in [-0.2, -0.15) is 5.10 Å². The Kier molecular flexibility index (Phi) is 6.79. The van der Waals surface area contributed by atoms with E-state index in [1.807, 2.05) is 19.3 Å². The number of carbonyl (C=O) groups excluding carboxylic acids is 1. The number of amides is 1. The molecule has 1 fully saturated rings. The number of nitrogens with zero attached hydrogens (tertiary/aromatic N) is 4. The summed E-state index contributed by atoms with van der Waals surface area (Å²) in [6.45, 7) is 3.43. The van der Waals surface area contributed by atoms with Gasteiger partial charge >= 0.3 is 0 Å². The van der Waals surface area contributed by atoms with Crippen molar-refractivity contribution in [2.75, 3.05) is 50.5 Å². The van der Waals surface area contributed by atoms with Crippen LogP contribution in [0.1, 0.15) is 24.5 Å². The van der Waals surface area contributed by atoms with Crippen LogP contribution in [0, 0.1) is 0 Å². The molecular weight excluding hydrogens is 392 g/mol. The minimum atomic E-state index is -0.0345. The molecular formula is C23H30N6O2.